The minimum Gasteiger partial charge on any atom is -0.482 e. The fourth-order valence-corrected chi connectivity index (χ4v) is 2.75. The molecule has 1 aliphatic heterocycles. The van der Waals surface area contributed by atoms with Gasteiger partial charge in [0.05, 0.1) is 5.69 Å². The minimum atomic E-state index is -0.0238. The second kappa shape index (κ2) is 7.63. The Morgan fingerprint density at radius 3 is 2.73 bits per heavy atom. The second-order valence-electron chi connectivity index (χ2n) is 6.39. The monoisotopic (exact) mass is 304 g/mol. The van der Waals surface area contributed by atoms with E-state index in [4.69, 9.17) is 10.5 Å². The van der Waals surface area contributed by atoms with E-state index < -0.39 is 0 Å². The Hall–Kier alpha value is -1.55. The molecule has 122 valence electrons. The van der Waals surface area contributed by atoms with Crippen molar-refractivity contribution in [1.29, 1.82) is 0 Å². The number of unbranched alkanes of at least 4 members (excludes halogenated alkanes) is 3. The van der Waals surface area contributed by atoms with Crippen LogP contribution in [0.15, 0.2) is 18.2 Å². The first-order valence-corrected chi connectivity index (χ1v) is 8.37. The number of rotatable bonds is 7. The van der Waals surface area contributed by atoms with Gasteiger partial charge >= 0.3 is 0 Å². The van der Waals surface area contributed by atoms with E-state index in [-0.39, 0.29) is 18.6 Å². The molecule has 0 bridgehead atoms. The topological polar surface area (TPSA) is 55.6 Å². The van der Waals surface area contributed by atoms with Gasteiger partial charge < -0.3 is 15.4 Å². The minimum absolute atomic E-state index is 0.0238. The van der Waals surface area contributed by atoms with Gasteiger partial charge in [-0.2, -0.15) is 0 Å². The third-order valence-electron chi connectivity index (χ3n) is 4.26. The molecule has 0 spiro atoms. The number of anilines is 1. The maximum absolute atomic E-state index is 12.2. The highest BCUT2D eigenvalue weighted by molar-refractivity contribution is 5.97. The van der Waals surface area contributed by atoms with Crippen LogP contribution in [0.2, 0.25) is 0 Å². The molecule has 0 saturated heterocycles. The highest BCUT2D eigenvalue weighted by atomic mass is 16.5. The predicted molar refractivity (Wildman–Crippen MR) is 90.2 cm³/mol. The van der Waals surface area contributed by atoms with Gasteiger partial charge in [0.25, 0.3) is 5.91 Å². The third kappa shape index (κ3) is 3.80. The Balaban J connectivity index is 2.19. The third-order valence-corrected chi connectivity index (χ3v) is 4.26. The molecule has 0 radical (unpaired) electrons. The Labute approximate surface area is 133 Å². The van der Waals surface area contributed by atoms with E-state index in [0.717, 1.165) is 36.4 Å². The number of ether oxygens (including phenoxy) is 1. The van der Waals surface area contributed by atoms with Crippen molar-refractivity contribution in [3.05, 3.63) is 23.8 Å². The average molecular weight is 304 g/mol. The van der Waals surface area contributed by atoms with E-state index in [1.807, 2.05) is 23.1 Å². The van der Waals surface area contributed by atoms with Crippen molar-refractivity contribution < 1.29 is 9.53 Å². The Bertz CT molecular complexity index is 514. The van der Waals surface area contributed by atoms with Crippen LogP contribution in [-0.4, -0.2) is 19.1 Å². The van der Waals surface area contributed by atoms with Crippen LogP contribution in [0.1, 0.15) is 58.1 Å². The van der Waals surface area contributed by atoms with E-state index >= 15 is 0 Å². The fraction of sp³-hybridized carbons (Fsp3) is 0.611. The van der Waals surface area contributed by atoms with E-state index in [1.165, 1.54) is 12.8 Å². The van der Waals surface area contributed by atoms with Gasteiger partial charge in [0.2, 0.25) is 0 Å². The number of carbonyl (C=O) groups excluding carboxylic acids is 1. The van der Waals surface area contributed by atoms with Crippen LogP contribution in [-0.2, 0) is 4.79 Å². The van der Waals surface area contributed by atoms with Crippen LogP contribution in [0.5, 0.6) is 5.75 Å². The molecule has 1 unspecified atom stereocenters. The number of nitrogens with two attached hydrogens (primary N) is 1. The molecule has 1 aliphatic rings. The highest BCUT2D eigenvalue weighted by Gasteiger charge is 2.26. The molecule has 4 nitrogen and oxygen atoms in total. The van der Waals surface area contributed by atoms with Crippen molar-refractivity contribution in [3.8, 4) is 5.75 Å². The highest BCUT2D eigenvalue weighted by Crippen LogP contribution is 2.35. The molecule has 0 aliphatic carbocycles. The summed E-state index contributed by atoms with van der Waals surface area (Å²) in [5.74, 6) is 1.19. The summed E-state index contributed by atoms with van der Waals surface area (Å²) in [7, 11) is 0. The van der Waals surface area contributed by atoms with Gasteiger partial charge in [-0.3, -0.25) is 4.79 Å². The van der Waals surface area contributed by atoms with Crippen LogP contribution in [0, 0.1) is 5.92 Å². The zero-order valence-corrected chi connectivity index (χ0v) is 14.0. The summed E-state index contributed by atoms with van der Waals surface area (Å²) in [5, 5.41) is 0. The molecule has 1 heterocycles. The van der Waals surface area contributed by atoms with Crippen molar-refractivity contribution in [1.82, 2.24) is 0 Å². The molecule has 1 aromatic rings. The lowest BCUT2D eigenvalue weighted by Gasteiger charge is -2.30. The first-order valence-electron chi connectivity index (χ1n) is 8.37. The number of carbonyl (C=O) groups is 1. The number of nitrogens with zero attached hydrogens (tertiary/aromatic N) is 1. The lowest BCUT2D eigenvalue weighted by atomic mass is 9.96. The number of hydrogen-bond donors (Lipinski definition) is 1. The summed E-state index contributed by atoms with van der Waals surface area (Å²) in [5.41, 5.74) is 8.18. The Kier molecular flexibility index (Phi) is 5.83. The molecular weight excluding hydrogens is 276 g/mol. The number of fused-ring (bicyclic) bond motifs is 1. The zero-order valence-electron chi connectivity index (χ0n) is 14.0. The molecule has 2 N–H and O–H groups in total. The average Bonchev–Trinajstić information content (AvgIpc) is 2.51. The lowest BCUT2D eigenvalue weighted by Crippen LogP contribution is -2.39. The van der Waals surface area contributed by atoms with Gasteiger partial charge in [-0.05, 0) is 30.0 Å². The summed E-state index contributed by atoms with van der Waals surface area (Å²) < 4.78 is 5.56. The molecule has 1 atom stereocenters. The van der Waals surface area contributed by atoms with Crippen LogP contribution >= 0.6 is 0 Å². The molecule has 22 heavy (non-hydrogen) atoms. The van der Waals surface area contributed by atoms with Crippen LogP contribution in [0.4, 0.5) is 5.69 Å². The first kappa shape index (κ1) is 16.8. The van der Waals surface area contributed by atoms with Crippen molar-refractivity contribution >= 4 is 11.6 Å². The van der Waals surface area contributed by atoms with Crippen molar-refractivity contribution in [2.75, 3.05) is 18.1 Å². The lowest BCUT2D eigenvalue weighted by molar-refractivity contribution is -0.121. The van der Waals surface area contributed by atoms with Crippen LogP contribution < -0.4 is 15.4 Å². The molecule has 0 fully saturated rings. The molecule has 0 aromatic heterocycles. The van der Waals surface area contributed by atoms with Gasteiger partial charge in [0.15, 0.2) is 6.61 Å². The summed E-state index contributed by atoms with van der Waals surface area (Å²) in [6, 6.07) is 5.95. The smallest absolute Gasteiger partial charge is 0.265 e. The Morgan fingerprint density at radius 2 is 2.05 bits per heavy atom. The summed E-state index contributed by atoms with van der Waals surface area (Å²) in [4.78, 5) is 14.1. The van der Waals surface area contributed by atoms with E-state index in [0.29, 0.717) is 5.92 Å². The molecule has 4 heteroatoms. The van der Waals surface area contributed by atoms with Crippen LogP contribution in [0.25, 0.3) is 0 Å². The van der Waals surface area contributed by atoms with Gasteiger partial charge in [0.1, 0.15) is 5.75 Å². The van der Waals surface area contributed by atoms with Crippen molar-refractivity contribution in [2.45, 2.75) is 52.5 Å². The molecule has 1 aromatic carbocycles. The normalized spacial score (nSPS) is 15.7. The standard InChI is InChI=1S/C18H28N2O2/c1-4-5-6-7-10-20-15-11-14(18(19)13(2)3)8-9-16(15)22-12-17(20)21/h8-9,11,13,18H,4-7,10,12,19H2,1-3H3. The SMILES string of the molecule is CCCCCCN1C(=O)COc2ccc(C(N)C(C)C)cc21. The molecule has 1 amide bonds. The maximum Gasteiger partial charge on any atom is 0.265 e. The summed E-state index contributed by atoms with van der Waals surface area (Å²) in [6.45, 7) is 7.29. The first-order chi connectivity index (χ1) is 10.5. The molecule has 2 rings (SSSR count). The molecule has 0 saturated carbocycles. The summed E-state index contributed by atoms with van der Waals surface area (Å²) in [6.07, 6.45) is 4.59. The van der Waals surface area contributed by atoms with E-state index in [1.54, 1.807) is 0 Å². The molecular formula is C18H28N2O2. The van der Waals surface area contributed by atoms with Crippen LogP contribution in [0.3, 0.4) is 0 Å². The van der Waals surface area contributed by atoms with Gasteiger partial charge in [0, 0.05) is 12.6 Å². The summed E-state index contributed by atoms with van der Waals surface area (Å²) >= 11 is 0. The quantitative estimate of drug-likeness (QED) is 0.782. The van der Waals surface area contributed by atoms with Crippen molar-refractivity contribution in [2.24, 2.45) is 11.7 Å². The van der Waals surface area contributed by atoms with Crippen molar-refractivity contribution in [3.63, 3.8) is 0 Å². The van der Waals surface area contributed by atoms with E-state index in [2.05, 4.69) is 20.8 Å². The fourth-order valence-electron chi connectivity index (χ4n) is 2.75. The van der Waals surface area contributed by atoms with E-state index in [9.17, 15) is 4.79 Å². The van der Waals surface area contributed by atoms with Gasteiger partial charge in [-0.25, -0.2) is 0 Å². The van der Waals surface area contributed by atoms with Gasteiger partial charge in [-0.1, -0.05) is 46.1 Å². The number of benzene rings is 1. The zero-order chi connectivity index (χ0) is 16.1. The number of amides is 1. The number of hydrogen-bond acceptors (Lipinski definition) is 3. The second-order valence-corrected chi connectivity index (χ2v) is 6.39. The maximum atomic E-state index is 12.2. The largest absolute Gasteiger partial charge is 0.482 e. The Morgan fingerprint density at radius 1 is 1.27 bits per heavy atom. The van der Waals surface area contributed by atoms with Gasteiger partial charge in [-0.15, -0.1) is 0 Å². The predicted octanol–water partition coefficient (Wildman–Crippen LogP) is 3.65.